The number of nitrogens with zero attached hydrogens (tertiary/aromatic N) is 2. The zero-order valence-electron chi connectivity index (χ0n) is 11.3. The molecule has 0 amide bonds. The van der Waals surface area contributed by atoms with Crippen LogP contribution in [0.3, 0.4) is 0 Å². The number of carbonyl (C=O) groups is 1. The quantitative estimate of drug-likeness (QED) is 0.834. The second-order valence-corrected chi connectivity index (χ2v) is 4.64. The number of aromatic nitrogens is 2. The van der Waals surface area contributed by atoms with Crippen molar-refractivity contribution in [3.8, 4) is 5.88 Å². The molecule has 0 spiro atoms. The lowest BCUT2D eigenvalue weighted by atomic mass is 9.86. The average Bonchev–Trinajstić information content (AvgIpc) is 2.47. The van der Waals surface area contributed by atoms with Crippen molar-refractivity contribution in [3.05, 3.63) is 12.3 Å². The van der Waals surface area contributed by atoms with Crippen molar-refractivity contribution in [1.82, 2.24) is 9.97 Å². The molecule has 1 fully saturated rings. The van der Waals surface area contributed by atoms with Crippen LogP contribution in [0.4, 0.5) is 5.95 Å². The van der Waals surface area contributed by atoms with Crippen molar-refractivity contribution in [2.24, 2.45) is 5.92 Å². The molecule has 1 saturated carbocycles. The Bertz CT molecular complexity index is 431. The molecule has 6 heteroatoms. The zero-order chi connectivity index (χ0) is 13.7. The Morgan fingerprint density at radius 1 is 1.32 bits per heavy atom. The highest BCUT2D eigenvalue weighted by Crippen LogP contribution is 2.26. The van der Waals surface area contributed by atoms with Crippen molar-refractivity contribution >= 4 is 11.9 Å². The first-order valence-electron chi connectivity index (χ1n) is 6.44. The highest BCUT2D eigenvalue weighted by atomic mass is 16.5. The Morgan fingerprint density at radius 3 is 2.68 bits per heavy atom. The molecule has 0 saturated heterocycles. The van der Waals surface area contributed by atoms with Gasteiger partial charge < -0.3 is 14.8 Å². The van der Waals surface area contributed by atoms with Gasteiger partial charge in [0.2, 0.25) is 11.8 Å². The first-order chi connectivity index (χ1) is 9.22. The van der Waals surface area contributed by atoms with Gasteiger partial charge in [0, 0.05) is 18.3 Å². The molecule has 2 rings (SSSR count). The molecular weight excluding hydrogens is 246 g/mol. The minimum absolute atomic E-state index is 0.0364. The van der Waals surface area contributed by atoms with E-state index in [1.807, 2.05) is 0 Å². The van der Waals surface area contributed by atoms with Crippen molar-refractivity contribution in [1.29, 1.82) is 0 Å². The van der Waals surface area contributed by atoms with E-state index < -0.39 is 0 Å². The lowest BCUT2D eigenvalue weighted by molar-refractivity contribution is -0.146. The van der Waals surface area contributed by atoms with Gasteiger partial charge in [-0.05, 0) is 25.7 Å². The molecule has 0 unspecified atom stereocenters. The minimum Gasteiger partial charge on any atom is -0.481 e. The van der Waals surface area contributed by atoms with E-state index in [9.17, 15) is 4.79 Å². The van der Waals surface area contributed by atoms with Gasteiger partial charge >= 0.3 is 5.97 Å². The molecule has 1 aromatic heterocycles. The van der Waals surface area contributed by atoms with Crippen molar-refractivity contribution in [2.75, 3.05) is 19.5 Å². The van der Waals surface area contributed by atoms with Crippen LogP contribution in [0.15, 0.2) is 12.3 Å². The van der Waals surface area contributed by atoms with E-state index in [0.29, 0.717) is 17.9 Å². The van der Waals surface area contributed by atoms with Crippen LogP contribution in [0.2, 0.25) is 0 Å². The van der Waals surface area contributed by atoms with Crippen LogP contribution in [0.5, 0.6) is 5.88 Å². The molecular formula is C13H19N3O3. The predicted octanol–water partition coefficient (Wildman–Crippen LogP) is 1.63. The summed E-state index contributed by atoms with van der Waals surface area (Å²) in [6.45, 7) is 0. The van der Waals surface area contributed by atoms with Gasteiger partial charge in [0.15, 0.2) is 0 Å². The summed E-state index contributed by atoms with van der Waals surface area (Å²) in [7, 11) is 3.02. The molecule has 104 valence electrons. The Kier molecular flexibility index (Phi) is 4.54. The number of hydrogen-bond acceptors (Lipinski definition) is 6. The third-order valence-corrected chi connectivity index (χ3v) is 3.43. The summed E-state index contributed by atoms with van der Waals surface area (Å²) in [5.74, 6) is 1.05. The van der Waals surface area contributed by atoms with Gasteiger partial charge in [0.25, 0.3) is 0 Å². The van der Waals surface area contributed by atoms with Gasteiger partial charge in [-0.1, -0.05) is 0 Å². The lowest BCUT2D eigenvalue weighted by Gasteiger charge is -2.27. The summed E-state index contributed by atoms with van der Waals surface area (Å²) < 4.78 is 9.83. The number of anilines is 1. The predicted molar refractivity (Wildman–Crippen MR) is 70.0 cm³/mol. The van der Waals surface area contributed by atoms with Gasteiger partial charge in [-0.3, -0.25) is 4.79 Å². The van der Waals surface area contributed by atoms with Gasteiger partial charge in [-0.2, -0.15) is 4.98 Å². The van der Waals surface area contributed by atoms with Crippen LogP contribution < -0.4 is 10.1 Å². The number of hydrogen-bond donors (Lipinski definition) is 1. The van der Waals surface area contributed by atoms with Crippen molar-refractivity contribution in [2.45, 2.75) is 31.7 Å². The van der Waals surface area contributed by atoms with Crippen LogP contribution in [0, 0.1) is 5.92 Å². The number of methoxy groups -OCH3 is 2. The normalized spacial score (nSPS) is 22.6. The molecule has 0 bridgehead atoms. The second-order valence-electron chi connectivity index (χ2n) is 4.64. The molecule has 0 aromatic carbocycles. The van der Waals surface area contributed by atoms with E-state index in [0.717, 1.165) is 25.7 Å². The van der Waals surface area contributed by atoms with E-state index in [4.69, 9.17) is 9.47 Å². The van der Waals surface area contributed by atoms with Crippen LogP contribution in [-0.4, -0.2) is 36.2 Å². The molecule has 1 aliphatic rings. The summed E-state index contributed by atoms with van der Waals surface area (Å²) in [6.07, 6.45) is 5.18. The van der Waals surface area contributed by atoms with Crippen molar-refractivity contribution < 1.29 is 14.3 Å². The Morgan fingerprint density at radius 2 is 2.05 bits per heavy atom. The average molecular weight is 265 g/mol. The minimum atomic E-state index is -0.101. The summed E-state index contributed by atoms with van der Waals surface area (Å²) in [4.78, 5) is 19.8. The Balaban J connectivity index is 1.86. The maximum absolute atomic E-state index is 11.4. The maximum Gasteiger partial charge on any atom is 0.308 e. The number of nitrogens with one attached hydrogen (secondary N) is 1. The van der Waals surface area contributed by atoms with Crippen LogP contribution in [0.1, 0.15) is 25.7 Å². The van der Waals surface area contributed by atoms with Crippen LogP contribution in [0.25, 0.3) is 0 Å². The lowest BCUT2D eigenvalue weighted by Crippen LogP contribution is -2.30. The summed E-state index contributed by atoms with van der Waals surface area (Å²) >= 11 is 0. The smallest absolute Gasteiger partial charge is 0.308 e. The summed E-state index contributed by atoms with van der Waals surface area (Å²) in [5, 5.41) is 3.28. The molecule has 0 atom stereocenters. The van der Waals surface area contributed by atoms with Gasteiger partial charge in [0.1, 0.15) is 0 Å². The fourth-order valence-electron chi connectivity index (χ4n) is 2.35. The number of rotatable bonds is 4. The van der Waals surface area contributed by atoms with Crippen LogP contribution in [-0.2, 0) is 9.53 Å². The first-order valence-corrected chi connectivity index (χ1v) is 6.44. The number of esters is 1. The van der Waals surface area contributed by atoms with E-state index in [1.54, 1.807) is 19.4 Å². The van der Waals surface area contributed by atoms with E-state index in [2.05, 4.69) is 15.3 Å². The summed E-state index contributed by atoms with van der Waals surface area (Å²) in [5.41, 5.74) is 0. The van der Waals surface area contributed by atoms with Gasteiger partial charge in [0.05, 0.1) is 20.1 Å². The highest BCUT2D eigenvalue weighted by molar-refractivity contribution is 5.72. The van der Waals surface area contributed by atoms with Crippen molar-refractivity contribution in [3.63, 3.8) is 0 Å². The fraction of sp³-hybridized carbons (Fsp3) is 0.615. The largest absolute Gasteiger partial charge is 0.481 e. The zero-order valence-corrected chi connectivity index (χ0v) is 11.3. The number of carbonyl (C=O) groups excluding carboxylic acids is 1. The highest BCUT2D eigenvalue weighted by Gasteiger charge is 2.27. The topological polar surface area (TPSA) is 73.3 Å². The fourth-order valence-corrected chi connectivity index (χ4v) is 2.35. The second kappa shape index (κ2) is 6.36. The van der Waals surface area contributed by atoms with E-state index >= 15 is 0 Å². The summed E-state index contributed by atoms with van der Waals surface area (Å²) in [6, 6.07) is 2.01. The van der Waals surface area contributed by atoms with Crippen LogP contribution >= 0.6 is 0 Å². The Hall–Kier alpha value is -1.85. The van der Waals surface area contributed by atoms with E-state index in [1.165, 1.54) is 7.11 Å². The molecule has 1 aromatic rings. The molecule has 0 aliphatic heterocycles. The standard InChI is InChI=1S/C13H19N3O3/c1-18-11-7-8-14-13(16-11)15-10-5-3-9(4-6-10)12(17)19-2/h7-10H,3-6H2,1-2H3,(H,14,15,16). The monoisotopic (exact) mass is 265 g/mol. The maximum atomic E-state index is 11.4. The van der Waals surface area contributed by atoms with Gasteiger partial charge in [-0.15, -0.1) is 0 Å². The molecule has 19 heavy (non-hydrogen) atoms. The molecule has 6 nitrogen and oxygen atoms in total. The first kappa shape index (κ1) is 13.6. The third-order valence-electron chi connectivity index (χ3n) is 3.43. The third kappa shape index (κ3) is 3.56. The molecule has 1 aliphatic carbocycles. The number of ether oxygens (including phenoxy) is 2. The Labute approximate surface area is 112 Å². The molecule has 0 radical (unpaired) electrons. The van der Waals surface area contributed by atoms with E-state index in [-0.39, 0.29) is 11.9 Å². The molecule has 1 heterocycles. The SMILES string of the molecule is COC(=O)C1CCC(Nc2nccc(OC)n2)CC1. The molecule has 1 N–H and O–H groups in total. The van der Waals surface area contributed by atoms with Gasteiger partial charge in [-0.25, -0.2) is 4.98 Å².